The van der Waals surface area contributed by atoms with E-state index in [2.05, 4.69) is 10.3 Å². The summed E-state index contributed by atoms with van der Waals surface area (Å²) in [6.45, 7) is 1.83. The van der Waals surface area contributed by atoms with Gasteiger partial charge in [0.2, 0.25) is 0 Å². The van der Waals surface area contributed by atoms with Crippen LogP contribution in [-0.2, 0) is 0 Å². The maximum atomic E-state index is 10.5. The second-order valence-electron chi connectivity index (χ2n) is 2.19. The highest BCUT2D eigenvalue weighted by Crippen LogP contribution is 2.01. The van der Waals surface area contributed by atoms with E-state index in [1.807, 2.05) is 12.4 Å². The van der Waals surface area contributed by atoms with Gasteiger partial charge >= 0.3 is 6.03 Å². The first kappa shape index (κ1) is 7.17. The lowest BCUT2D eigenvalue weighted by Gasteiger charge is -2.22. The molecule has 0 aromatic carbocycles. The van der Waals surface area contributed by atoms with Crippen molar-refractivity contribution in [2.75, 3.05) is 0 Å². The van der Waals surface area contributed by atoms with Crippen LogP contribution in [0.3, 0.4) is 0 Å². The number of hydrogen-bond donors (Lipinski definition) is 3. The van der Waals surface area contributed by atoms with E-state index >= 15 is 0 Å². The molecule has 1 aliphatic rings. The van der Waals surface area contributed by atoms with Gasteiger partial charge in [-0.25, -0.2) is 9.79 Å². The minimum Gasteiger partial charge on any atom is -0.318 e. The van der Waals surface area contributed by atoms with E-state index in [-0.39, 0.29) is 5.92 Å². The van der Waals surface area contributed by atoms with Gasteiger partial charge in [0, 0.05) is 12.1 Å². The molecule has 2 atom stereocenters. The van der Waals surface area contributed by atoms with Crippen LogP contribution in [0.1, 0.15) is 6.92 Å². The van der Waals surface area contributed by atoms with E-state index in [1.165, 1.54) is 6.21 Å². The molecule has 1 heterocycles. The Morgan fingerprint density at radius 2 is 2.60 bits per heavy atom. The van der Waals surface area contributed by atoms with E-state index in [9.17, 15) is 4.79 Å². The van der Waals surface area contributed by atoms with Crippen LogP contribution in [0.15, 0.2) is 4.99 Å². The van der Waals surface area contributed by atoms with Crippen molar-refractivity contribution >= 4 is 12.2 Å². The molecule has 56 valence electrons. The van der Waals surface area contributed by atoms with Gasteiger partial charge < -0.3 is 10.5 Å². The molecule has 1 aliphatic heterocycles. The van der Waals surface area contributed by atoms with Gasteiger partial charge in [0.15, 0.2) is 0 Å². The summed E-state index contributed by atoms with van der Waals surface area (Å²) in [7, 11) is 0. The van der Waals surface area contributed by atoms with Crippen LogP contribution in [0.4, 0.5) is 4.79 Å². The molecule has 5 heteroatoms. The van der Waals surface area contributed by atoms with Crippen LogP contribution < -0.4 is 10.8 Å². The van der Waals surface area contributed by atoms with Crippen LogP contribution in [0, 0.1) is 5.92 Å². The standard InChI is InChI=1S/C5H9N3O2/c1-3-2-6-5(9)7-4(3)8-10/h2-4,8,10H,1H3,(H,7,9). The van der Waals surface area contributed by atoms with E-state index in [1.54, 1.807) is 0 Å². The van der Waals surface area contributed by atoms with Gasteiger partial charge in [-0.05, 0) is 0 Å². The Hall–Kier alpha value is -0.940. The smallest absolute Gasteiger partial charge is 0.318 e. The van der Waals surface area contributed by atoms with Crippen molar-refractivity contribution in [3.63, 3.8) is 0 Å². The second kappa shape index (κ2) is 2.76. The van der Waals surface area contributed by atoms with E-state index in [0.29, 0.717) is 0 Å². The van der Waals surface area contributed by atoms with Crippen LogP contribution in [0.2, 0.25) is 0 Å². The number of rotatable bonds is 1. The molecule has 2 amide bonds. The maximum Gasteiger partial charge on any atom is 0.341 e. The fourth-order valence-corrected chi connectivity index (χ4v) is 0.723. The fourth-order valence-electron chi connectivity index (χ4n) is 0.723. The summed E-state index contributed by atoms with van der Waals surface area (Å²) in [6, 6.07) is -0.426. The van der Waals surface area contributed by atoms with Crippen LogP contribution in [0.25, 0.3) is 0 Å². The topological polar surface area (TPSA) is 73.7 Å². The Morgan fingerprint density at radius 1 is 1.90 bits per heavy atom. The molecule has 0 spiro atoms. The Balaban J connectivity index is 2.62. The summed E-state index contributed by atoms with van der Waals surface area (Å²) in [6.07, 6.45) is 1.08. The Labute approximate surface area is 58.1 Å². The summed E-state index contributed by atoms with van der Waals surface area (Å²) < 4.78 is 0. The summed E-state index contributed by atoms with van der Waals surface area (Å²) >= 11 is 0. The third kappa shape index (κ3) is 1.31. The van der Waals surface area contributed by atoms with Crippen molar-refractivity contribution < 1.29 is 10.0 Å². The van der Waals surface area contributed by atoms with Crippen molar-refractivity contribution in [3.05, 3.63) is 0 Å². The van der Waals surface area contributed by atoms with Gasteiger partial charge in [-0.2, -0.15) is 5.48 Å². The van der Waals surface area contributed by atoms with Crippen LogP contribution in [0.5, 0.6) is 0 Å². The number of nitrogens with one attached hydrogen (secondary N) is 2. The van der Waals surface area contributed by atoms with Crippen LogP contribution >= 0.6 is 0 Å². The first-order chi connectivity index (χ1) is 4.74. The lowest BCUT2D eigenvalue weighted by Crippen LogP contribution is -2.50. The monoisotopic (exact) mass is 143 g/mol. The third-order valence-electron chi connectivity index (χ3n) is 1.37. The van der Waals surface area contributed by atoms with Gasteiger partial charge in [0.25, 0.3) is 0 Å². The van der Waals surface area contributed by atoms with E-state index in [0.717, 1.165) is 0 Å². The number of urea groups is 1. The average molecular weight is 143 g/mol. The Morgan fingerprint density at radius 3 is 3.10 bits per heavy atom. The van der Waals surface area contributed by atoms with E-state index in [4.69, 9.17) is 5.21 Å². The van der Waals surface area contributed by atoms with Gasteiger partial charge in [0.1, 0.15) is 6.17 Å². The molecule has 0 bridgehead atoms. The number of hydroxylamine groups is 1. The van der Waals surface area contributed by atoms with Crippen molar-refractivity contribution in [2.45, 2.75) is 13.1 Å². The first-order valence-corrected chi connectivity index (χ1v) is 2.98. The Bertz CT molecular complexity index is 168. The zero-order chi connectivity index (χ0) is 7.56. The molecule has 10 heavy (non-hydrogen) atoms. The SMILES string of the molecule is CC1C=NC(=O)NC1NO. The number of hydrogen-bond acceptors (Lipinski definition) is 3. The van der Waals surface area contributed by atoms with Crippen molar-refractivity contribution in [3.8, 4) is 0 Å². The highest BCUT2D eigenvalue weighted by atomic mass is 16.5. The van der Waals surface area contributed by atoms with Crippen molar-refractivity contribution in [2.24, 2.45) is 10.9 Å². The van der Waals surface area contributed by atoms with Gasteiger partial charge in [-0.1, -0.05) is 6.92 Å². The summed E-state index contributed by atoms with van der Waals surface area (Å²) in [5, 5.41) is 10.9. The van der Waals surface area contributed by atoms with Crippen LogP contribution in [-0.4, -0.2) is 23.6 Å². The number of nitrogens with zero attached hydrogens (tertiary/aromatic N) is 1. The molecule has 5 nitrogen and oxygen atoms in total. The molecule has 0 fully saturated rings. The lowest BCUT2D eigenvalue weighted by atomic mass is 10.1. The predicted octanol–water partition coefficient (Wildman–Crippen LogP) is -0.279. The number of amides is 2. The third-order valence-corrected chi connectivity index (χ3v) is 1.37. The largest absolute Gasteiger partial charge is 0.341 e. The maximum absolute atomic E-state index is 10.5. The summed E-state index contributed by atoms with van der Waals surface area (Å²) in [5.74, 6) is 0.0164. The van der Waals surface area contributed by atoms with E-state index < -0.39 is 12.2 Å². The molecular formula is C5H9N3O2. The van der Waals surface area contributed by atoms with Gasteiger partial charge in [0.05, 0.1) is 0 Å². The summed E-state index contributed by atoms with van der Waals surface area (Å²) in [5.41, 5.74) is 1.96. The molecule has 1 rings (SSSR count). The van der Waals surface area contributed by atoms with Crippen molar-refractivity contribution in [1.29, 1.82) is 0 Å². The number of aliphatic imine (C=N–C) groups is 1. The first-order valence-electron chi connectivity index (χ1n) is 2.98. The molecule has 2 unspecified atom stereocenters. The molecule has 0 radical (unpaired) electrons. The lowest BCUT2D eigenvalue weighted by molar-refractivity contribution is 0.0998. The molecule has 3 N–H and O–H groups in total. The summed E-state index contributed by atoms with van der Waals surface area (Å²) in [4.78, 5) is 14.0. The van der Waals surface area contributed by atoms with Crippen molar-refractivity contribution in [1.82, 2.24) is 10.8 Å². The minimum atomic E-state index is -0.426. The second-order valence-corrected chi connectivity index (χ2v) is 2.19. The molecule has 0 aromatic rings. The minimum absolute atomic E-state index is 0.0164. The number of carbonyl (C=O) groups excluding carboxylic acids is 1. The zero-order valence-corrected chi connectivity index (χ0v) is 5.53. The normalized spacial score (nSPS) is 32.0. The zero-order valence-electron chi connectivity index (χ0n) is 5.53. The quantitative estimate of drug-likeness (QED) is 0.442. The molecule has 0 saturated carbocycles. The molecule has 0 saturated heterocycles. The fraction of sp³-hybridized carbons (Fsp3) is 0.600. The molecule has 0 aliphatic carbocycles. The van der Waals surface area contributed by atoms with Gasteiger partial charge in [-0.3, -0.25) is 0 Å². The van der Waals surface area contributed by atoms with Gasteiger partial charge in [-0.15, -0.1) is 0 Å². The predicted molar refractivity (Wildman–Crippen MR) is 34.9 cm³/mol. The highest BCUT2D eigenvalue weighted by molar-refractivity contribution is 5.87. The molecular weight excluding hydrogens is 134 g/mol. The number of carbonyl (C=O) groups is 1. The average Bonchev–Trinajstić information content (AvgIpc) is 1.94. The highest BCUT2D eigenvalue weighted by Gasteiger charge is 2.20. The molecule has 0 aromatic heterocycles. The Kier molecular flexibility index (Phi) is 1.98.